The second-order valence-corrected chi connectivity index (χ2v) is 5.72. The Morgan fingerprint density at radius 1 is 1.29 bits per heavy atom. The molecule has 1 aromatic rings. The molecule has 0 aliphatic heterocycles. The molecule has 2 aliphatic rings. The zero-order chi connectivity index (χ0) is 12.1. The van der Waals surface area contributed by atoms with Crippen LogP contribution in [0, 0.1) is 5.41 Å². The van der Waals surface area contributed by atoms with Crippen molar-refractivity contribution < 1.29 is 9.90 Å². The molecule has 0 aromatic heterocycles. The molecule has 0 amide bonds. The van der Waals surface area contributed by atoms with Gasteiger partial charge in [-0.2, -0.15) is 0 Å². The Bertz CT molecular complexity index is 469. The number of carboxylic acid groups (broad SMARTS) is 1. The highest BCUT2D eigenvalue weighted by Gasteiger charge is 2.61. The number of aliphatic carboxylic acids is 1. The van der Waals surface area contributed by atoms with E-state index in [0.717, 1.165) is 18.4 Å². The predicted octanol–water partition coefficient (Wildman–Crippen LogP) is 2.56. The maximum atomic E-state index is 11.6. The summed E-state index contributed by atoms with van der Waals surface area (Å²) < 4.78 is 0. The largest absolute Gasteiger partial charge is 0.481 e. The van der Waals surface area contributed by atoms with Crippen molar-refractivity contribution in [2.45, 2.75) is 37.5 Å². The number of hydrogen-bond donors (Lipinski definition) is 2. The first-order chi connectivity index (χ1) is 8.06. The Morgan fingerprint density at radius 2 is 2.00 bits per heavy atom. The van der Waals surface area contributed by atoms with Crippen LogP contribution >= 0.6 is 0 Å². The smallest absolute Gasteiger partial charge is 0.314 e. The molecule has 2 aliphatic carbocycles. The third-order valence-corrected chi connectivity index (χ3v) is 4.62. The summed E-state index contributed by atoms with van der Waals surface area (Å²) in [5, 5.41) is 9.54. The number of benzene rings is 1. The number of carboxylic acids is 1. The molecule has 0 radical (unpaired) electrons. The van der Waals surface area contributed by atoms with Gasteiger partial charge in [0.05, 0.1) is 5.41 Å². The first kappa shape index (κ1) is 10.6. The monoisotopic (exact) mass is 231 g/mol. The molecule has 17 heavy (non-hydrogen) atoms. The van der Waals surface area contributed by atoms with E-state index in [1.165, 1.54) is 19.3 Å². The predicted molar refractivity (Wildman–Crippen MR) is 65.7 cm³/mol. The van der Waals surface area contributed by atoms with Crippen LogP contribution < -0.4 is 5.73 Å². The zero-order valence-corrected chi connectivity index (χ0v) is 9.78. The van der Waals surface area contributed by atoms with Crippen LogP contribution in [0.3, 0.4) is 0 Å². The molecule has 3 nitrogen and oxygen atoms in total. The molecule has 90 valence electrons. The Labute approximate surface area is 101 Å². The summed E-state index contributed by atoms with van der Waals surface area (Å²) in [5.74, 6) is -0.694. The summed E-state index contributed by atoms with van der Waals surface area (Å²) >= 11 is 0. The molecule has 2 fully saturated rings. The van der Waals surface area contributed by atoms with Gasteiger partial charge in [0.1, 0.15) is 0 Å². The molecule has 3 N–H and O–H groups in total. The van der Waals surface area contributed by atoms with E-state index in [0.29, 0.717) is 11.1 Å². The summed E-state index contributed by atoms with van der Waals surface area (Å²) in [5.41, 5.74) is 6.95. The van der Waals surface area contributed by atoms with Crippen LogP contribution in [0.5, 0.6) is 0 Å². The molecule has 0 saturated heterocycles. The van der Waals surface area contributed by atoms with Gasteiger partial charge in [-0.15, -0.1) is 0 Å². The lowest BCUT2D eigenvalue weighted by atomic mass is 9.44. The van der Waals surface area contributed by atoms with E-state index >= 15 is 0 Å². The van der Waals surface area contributed by atoms with Crippen LogP contribution in [0.15, 0.2) is 24.3 Å². The van der Waals surface area contributed by atoms with Crippen molar-refractivity contribution in [1.82, 2.24) is 0 Å². The van der Waals surface area contributed by atoms with Gasteiger partial charge >= 0.3 is 5.97 Å². The average Bonchev–Trinajstić information content (AvgIpc) is 2.13. The topological polar surface area (TPSA) is 63.3 Å². The minimum absolute atomic E-state index is 0.336. The summed E-state index contributed by atoms with van der Waals surface area (Å²) in [6, 6.07) is 7.37. The molecular weight excluding hydrogens is 214 g/mol. The number of carbonyl (C=O) groups is 1. The summed E-state index contributed by atoms with van der Waals surface area (Å²) in [6.45, 7) is 0. The van der Waals surface area contributed by atoms with Crippen LogP contribution in [0.4, 0.5) is 5.69 Å². The van der Waals surface area contributed by atoms with Crippen LogP contribution in [0.25, 0.3) is 0 Å². The lowest BCUT2D eigenvalue weighted by molar-refractivity contribution is -0.160. The first-order valence-corrected chi connectivity index (χ1v) is 6.16. The van der Waals surface area contributed by atoms with Crippen molar-refractivity contribution >= 4 is 11.7 Å². The van der Waals surface area contributed by atoms with Crippen LogP contribution in [0.2, 0.25) is 0 Å². The van der Waals surface area contributed by atoms with Gasteiger partial charge in [-0.05, 0) is 48.8 Å². The van der Waals surface area contributed by atoms with Crippen molar-refractivity contribution in [1.29, 1.82) is 0 Å². The quantitative estimate of drug-likeness (QED) is 0.769. The first-order valence-electron chi connectivity index (χ1n) is 6.16. The highest BCUT2D eigenvalue weighted by molar-refractivity contribution is 5.83. The van der Waals surface area contributed by atoms with Gasteiger partial charge in [0.15, 0.2) is 0 Å². The van der Waals surface area contributed by atoms with Gasteiger partial charge in [-0.25, -0.2) is 0 Å². The number of nitrogens with two attached hydrogens (primary N) is 1. The van der Waals surface area contributed by atoms with Gasteiger partial charge in [0, 0.05) is 5.69 Å². The summed E-state index contributed by atoms with van der Waals surface area (Å²) in [6.07, 6.45) is 5.24. The fourth-order valence-corrected chi connectivity index (χ4v) is 3.57. The van der Waals surface area contributed by atoms with Gasteiger partial charge < -0.3 is 10.8 Å². The SMILES string of the molecule is Nc1cccc(C2(C(=O)O)CC3(CCC3)C2)c1. The van der Waals surface area contributed by atoms with E-state index in [1.807, 2.05) is 18.2 Å². The third kappa shape index (κ3) is 1.38. The van der Waals surface area contributed by atoms with Crippen LogP contribution in [0.1, 0.15) is 37.7 Å². The summed E-state index contributed by atoms with van der Waals surface area (Å²) in [4.78, 5) is 11.6. The minimum atomic E-state index is -0.694. The molecule has 2 saturated carbocycles. The van der Waals surface area contributed by atoms with E-state index < -0.39 is 11.4 Å². The van der Waals surface area contributed by atoms with Crippen molar-refractivity contribution in [3.63, 3.8) is 0 Å². The number of nitrogen functional groups attached to an aromatic ring is 1. The molecular formula is C14H17NO2. The molecule has 1 aromatic carbocycles. The van der Waals surface area contributed by atoms with Gasteiger partial charge in [0.2, 0.25) is 0 Å². The maximum Gasteiger partial charge on any atom is 0.314 e. The summed E-state index contributed by atoms with van der Waals surface area (Å²) in [7, 11) is 0. The molecule has 0 bridgehead atoms. The molecule has 0 atom stereocenters. The zero-order valence-electron chi connectivity index (χ0n) is 9.78. The second kappa shape index (κ2) is 3.25. The Hall–Kier alpha value is -1.51. The molecule has 0 heterocycles. The van der Waals surface area contributed by atoms with Crippen molar-refractivity contribution in [2.24, 2.45) is 5.41 Å². The minimum Gasteiger partial charge on any atom is -0.481 e. The standard InChI is InChI=1S/C14H17NO2/c15-11-4-1-3-10(7-11)14(12(16)17)8-13(9-14)5-2-6-13/h1,3-4,7H,2,5-6,8-9,15H2,(H,16,17). The van der Waals surface area contributed by atoms with E-state index in [-0.39, 0.29) is 0 Å². The lowest BCUT2D eigenvalue weighted by Gasteiger charge is -2.59. The van der Waals surface area contributed by atoms with Crippen molar-refractivity contribution in [3.05, 3.63) is 29.8 Å². The second-order valence-electron chi connectivity index (χ2n) is 5.72. The number of anilines is 1. The Kier molecular flexibility index (Phi) is 2.03. The lowest BCUT2D eigenvalue weighted by Crippen LogP contribution is -2.57. The molecule has 3 rings (SSSR count). The Balaban J connectivity index is 1.94. The third-order valence-electron chi connectivity index (χ3n) is 4.62. The molecule has 0 unspecified atom stereocenters. The van der Waals surface area contributed by atoms with E-state index in [1.54, 1.807) is 6.07 Å². The number of hydrogen-bond acceptors (Lipinski definition) is 2. The van der Waals surface area contributed by atoms with Gasteiger partial charge in [0.25, 0.3) is 0 Å². The van der Waals surface area contributed by atoms with E-state index in [2.05, 4.69) is 0 Å². The van der Waals surface area contributed by atoms with E-state index in [4.69, 9.17) is 5.73 Å². The van der Waals surface area contributed by atoms with Crippen molar-refractivity contribution in [3.8, 4) is 0 Å². The fourth-order valence-electron chi connectivity index (χ4n) is 3.57. The van der Waals surface area contributed by atoms with Gasteiger partial charge in [-0.3, -0.25) is 4.79 Å². The normalized spacial score (nSPS) is 23.8. The maximum absolute atomic E-state index is 11.6. The van der Waals surface area contributed by atoms with Crippen LogP contribution in [-0.2, 0) is 10.2 Å². The highest BCUT2D eigenvalue weighted by atomic mass is 16.4. The van der Waals surface area contributed by atoms with Crippen molar-refractivity contribution in [2.75, 3.05) is 5.73 Å². The van der Waals surface area contributed by atoms with Crippen LogP contribution in [-0.4, -0.2) is 11.1 Å². The fraction of sp³-hybridized carbons (Fsp3) is 0.500. The number of rotatable bonds is 2. The van der Waals surface area contributed by atoms with E-state index in [9.17, 15) is 9.90 Å². The average molecular weight is 231 g/mol. The molecule has 1 spiro atoms. The Morgan fingerprint density at radius 3 is 2.47 bits per heavy atom. The molecule has 3 heteroatoms. The van der Waals surface area contributed by atoms with Gasteiger partial charge in [-0.1, -0.05) is 18.6 Å². The highest BCUT2D eigenvalue weighted by Crippen LogP contribution is 2.65.